The van der Waals surface area contributed by atoms with Gasteiger partial charge in [0.1, 0.15) is 12.1 Å². The molecule has 1 aliphatic rings. The summed E-state index contributed by atoms with van der Waals surface area (Å²) in [4.78, 5) is 23.4. The van der Waals surface area contributed by atoms with Crippen LogP contribution in [0.3, 0.4) is 0 Å². The normalized spacial score (nSPS) is 13.0. The Balaban J connectivity index is 1.21. The van der Waals surface area contributed by atoms with Crippen molar-refractivity contribution < 1.29 is 28.2 Å². The number of anilines is 3. The molecule has 42 heavy (non-hydrogen) atoms. The molecular formula is C29H33F2N7O4. The van der Waals surface area contributed by atoms with E-state index >= 15 is 0 Å². The van der Waals surface area contributed by atoms with Crippen molar-refractivity contribution in [2.24, 2.45) is 5.92 Å². The number of rotatable bonds is 15. The van der Waals surface area contributed by atoms with Crippen LogP contribution in [0.25, 0.3) is 10.9 Å². The minimum absolute atomic E-state index is 0.137. The number of benzene rings is 2. The van der Waals surface area contributed by atoms with Gasteiger partial charge in [-0.2, -0.15) is 5.10 Å². The van der Waals surface area contributed by atoms with E-state index in [0.29, 0.717) is 52.9 Å². The summed E-state index contributed by atoms with van der Waals surface area (Å²) in [6, 6.07) is 8.77. The molecule has 2 aromatic carbocycles. The second kappa shape index (κ2) is 13.5. The maximum Gasteiger partial charge on any atom is 0.230 e. The number of hydrogen-bond donors (Lipinski definition) is 4. The number of methoxy groups -OCH3 is 1. The molecule has 1 aliphatic carbocycles. The molecule has 222 valence electrons. The van der Waals surface area contributed by atoms with Crippen LogP contribution in [-0.4, -0.2) is 76.0 Å². The van der Waals surface area contributed by atoms with E-state index in [9.17, 15) is 18.7 Å². The summed E-state index contributed by atoms with van der Waals surface area (Å²) < 4.78 is 38.9. The quantitative estimate of drug-likeness (QED) is 0.153. The highest BCUT2D eigenvalue weighted by Crippen LogP contribution is 2.35. The molecule has 1 saturated carbocycles. The van der Waals surface area contributed by atoms with Crippen molar-refractivity contribution in [3.05, 3.63) is 60.1 Å². The molecule has 0 aliphatic heterocycles. The molecule has 4 N–H and O–H groups in total. The average molecular weight is 582 g/mol. The van der Waals surface area contributed by atoms with Gasteiger partial charge in [-0.05, 0) is 43.4 Å². The molecule has 2 aromatic heterocycles. The lowest BCUT2D eigenvalue weighted by molar-refractivity contribution is -0.115. The minimum atomic E-state index is -1.12. The van der Waals surface area contributed by atoms with Crippen molar-refractivity contribution in [3.8, 4) is 11.5 Å². The number of hydrogen-bond acceptors (Lipinski definition) is 9. The number of ether oxygens (including phenoxy) is 2. The third-order valence-electron chi connectivity index (χ3n) is 6.88. The lowest BCUT2D eigenvalue weighted by Crippen LogP contribution is -2.30. The zero-order valence-corrected chi connectivity index (χ0v) is 23.2. The highest BCUT2D eigenvalue weighted by Gasteiger charge is 2.24. The second-order valence-electron chi connectivity index (χ2n) is 10.1. The monoisotopic (exact) mass is 581 g/mol. The van der Waals surface area contributed by atoms with Gasteiger partial charge in [-0.3, -0.25) is 9.89 Å². The lowest BCUT2D eigenvalue weighted by Gasteiger charge is -2.21. The van der Waals surface area contributed by atoms with Gasteiger partial charge < -0.3 is 30.1 Å². The summed E-state index contributed by atoms with van der Waals surface area (Å²) in [6.07, 6.45) is 4.62. The topological polar surface area (TPSA) is 138 Å². The Bertz CT molecular complexity index is 1530. The van der Waals surface area contributed by atoms with Gasteiger partial charge in [0.05, 0.1) is 37.9 Å². The Morgan fingerprint density at radius 1 is 1.17 bits per heavy atom. The van der Waals surface area contributed by atoms with E-state index in [1.807, 2.05) is 0 Å². The van der Waals surface area contributed by atoms with Crippen molar-refractivity contribution >= 4 is 34.1 Å². The zero-order valence-electron chi connectivity index (χ0n) is 23.2. The number of H-pyrrole nitrogens is 1. The van der Waals surface area contributed by atoms with E-state index in [0.717, 1.165) is 31.5 Å². The van der Waals surface area contributed by atoms with Gasteiger partial charge in [0, 0.05) is 42.8 Å². The smallest absolute Gasteiger partial charge is 0.230 e. The summed E-state index contributed by atoms with van der Waals surface area (Å²) >= 11 is 0. The van der Waals surface area contributed by atoms with Gasteiger partial charge in [-0.1, -0.05) is 6.07 Å². The van der Waals surface area contributed by atoms with Gasteiger partial charge >= 0.3 is 0 Å². The average Bonchev–Trinajstić information content (AvgIpc) is 3.69. The molecular weight excluding hydrogens is 548 g/mol. The van der Waals surface area contributed by atoms with Crippen LogP contribution in [0.2, 0.25) is 0 Å². The van der Waals surface area contributed by atoms with Crippen LogP contribution in [0.15, 0.2) is 42.7 Å². The molecule has 0 spiro atoms. The summed E-state index contributed by atoms with van der Waals surface area (Å²) in [6.45, 7) is 3.17. The molecule has 5 rings (SSSR count). The molecule has 0 saturated heterocycles. The first-order valence-electron chi connectivity index (χ1n) is 13.8. The van der Waals surface area contributed by atoms with Crippen molar-refractivity contribution in [1.82, 2.24) is 25.1 Å². The lowest BCUT2D eigenvalue weighted by atomic mass is 10.2. The first kappa shape index (κ1) is 29.1. The van der Waals surface area contributed by atoms with E-state index in [1.54, 1.807) is 25.3 Å². The number of fused-ring (bicyclic) bond motifs is 1. The van der Waals surface area contributed by atoms with Gasteiger partial charge in [0.15, 0.2) is 29.0 Å². The number of amides is 1. The maximum absolute atomic E-state index is 13.9. The predicted octanol–water partition coefficient (Wildman–Crippen LogP) is 4.04. The largest absolute Gasteiger partial charge is 0.493 e. The fraction of sp³-hybridized carbons (Fsp3) is 0.379. The van der Waals surface area contributed by atoms with E-state index in [-0.39, 0.29) is 18.7 Å². The number of aromatic amines is 1. The number of halogens is 2. The number of carbonyl (C=O) groups is 1. The van der Waals surface area contributed by atoms with Crippen molar-refractivity contribution in [2.45, 2.75) is 25.7 Å². The first-order chi connectivity index (χ1) is 20.4. The highest BCUT2D eigenvalue weighted by molar-refractivity contribution is 5.93. The van der Waals surface area contributed by atoms with Gasteiger partial charge in [-0.15, -0.1) is 0 Å². The van der Waals surface area contributed by atoms with Crippen LogP contribution >= 0.6 is 0 Å². The first-order valence-corrected chi connectivity index (χ1v) is 13.8. The van der Waals surface area contributed by atoms with E-state index < -0.39 is 17.5 Å². The number of carbonyl (C=O) groups excluding carboxylic acids is 1. The fourth-order valence-electron chi connectivity index (χ4n) is 4.61. The van der Waals surface area contributed by atoms with Crippen LogP contribution < -0.4 is 20.1 Å². The number of nitrogens with one attached hydrogen (secondary N) is 3. The molecule has 11 nitrogen and oxygen atoms in total. The van der Waals surface area contributed by atoms with Crippen LogP contribution in [0.4, 0.5) is 26.1 Å². The Morgan fingerprint density at radius 2 is 2.02 bits per heavy atom. The number of nitrogens with zero attached hydrogens (tertiary/aromatic N) is 4. The van der Waals surface area contributed by atoms with E-state index in [2.05, 4.69) is 35.7 Å². The molecule has 1 fully saturated rings. The Morgan fingerprint density at radius 3 is 2.81 bits per heavy atom. The molecule has 0 unspecified atom stereocenters. The molecule has 1 amide bonds. The third-order valence-corrected chi connectivity index (χ3v) is 6.88. The molecule has 0 radical (unpaired) electrons. The summed E-state index contributed by atoms with van der Waals surface area (Å²) in [5.74, 6) is 0.00246. The van der Waals surface area contributed by atoms with Gasteiger partial charge in [0.25, 0.3) is 0 Å². The molecule has 0 atom stereocenters. The summed E-state index contributed by atoms with van der Waals surface area (Å²) in [5.41, 5.74) is 0.846. The van der Waals surface area contributed by atoms with Crippen molar-refractivity contribution in [2.75, 3.05) is 50.6 Å². The number of aliphatic hydroxyl groups is 1. The fourth-order valence-corrected chi connectivity index (χ4v) is 4.61. The molecule has 2 heterocycles. The van der Waals surface area contributed by atoms with Gasteiger partial charge in [0.2, 0.25) is 5.91 Å². The van der Waals surface area contributed by atoms with E-state index in [1.165, 1.54) is 31.3 Å². The summed E-state index contributed by atoms with van der Waals surface area (Å²) in [5, 5.41) is 22.4. The molecule has 4 aromatic rings. The second-order valence-corrected chi connectivity index (χ2v) is 10.1. The molecule has 0 bridgehead atoms. The van der Waals surface area contributed by atoms with Gasteiger partial charge in [-0.25, -0.2) is 18.7 Å². The minimum Gasteiger partial charge on any atom is -0.493 e. The van der Waals surface area contributed by atoms with Crippen molar-refractivity contribution in [1.29, 1.82) is 0 Å². The van der Waals surface area contributed by atoms with Crippen LogP contribution in [0, 0.1) is 17.6 Å². The number of aromatic nitrogens is 4. The SMILES string of the molecule is COc1cc2c(Nc3cc(CC(=O)Nc4cccc(F)c4F)[nH]n3)ncnc2cc1OCCCN(CCO)CC1CC1. The Labute approximate surface area is 241 Å². The van der Waals surface area contributed by atoms with E-state index in [4.69, 9.17) is 9.47 Å². The molecule has 13 heteroatoms. The Hall–Kier alpha value is -4.36. The number of aliphatic hydroxyl groups excluding tert-OH is 1. The highest BCUT2D eigenvalue weighted by atomic mass is 19.2. The van der Waals surface area contributed by atoms with Crippen LogP contribution in [0.1, 0.15) is 25.0 Å². The standard InChI is InChI=1S/C29H33F2N7O4/c1-41-24-14-20-23(15-25(24)42-11-3-8-38(9-10-39)16-18-6-7-18)32-17-33-29(20)35-26-12-19(36-37-26)13-27(40)34-22-5-2-4-21(30)28(22)31/h2,4-5,12,14-15,17-18,39H,3,6-11,13,16H2,1H3,(H,34,40)(H2,32,33,35,36,37). The predicted molar refractivity (Wildman–Crippen MR) is 153 cm³/mol. The van der Waals surface area contributed by atoms with Crippen LogP contribution in [-0.2, 0) is 11.2 Å². The zero-order chi connectivity index (χ0) is 29.5. The Kier molecular flexibility index (Phi) is 9.39. The maximum atomic E-state index is 13.9. The summed E-state index contributed by atoms with van der Waals surface area (Å²) in [7, 11) is 1.56. The van der Waals surface area contributed by atoms with Crippen molar-refractivity contribution in [3.63, 3.8) is 0 Å². The van der Waals surface area contributed by atoms with Crippen LogP contribution in [0.5, 0.6) is 11.5 Å². The third kappa shape index (κ3) is 7.47.